The predicted molar refractivity (Wildman–Crippen MR) is 53.8 cm³/mol. The number of aromatic nitrogens is 2. The van der Waals surface area contributed by atoms with Gasteiger partial charge in [-0.1, -0.05) is 12.1 Å². The molecule has 0 amide bonds. The van der Waals surface area contributed by atoms with Crippen molar-refractivity contribution in [3.8, 4) is 0 Å². The van der Waals surface area contributed by atoms with Gasteiger partial charge in [-0.25, -0.2) is 13.8 Å². The van der Waals surface area contributed by atoms with Crippen molar-refractivity contribution >= 4 is 27.2 Å². The summed E-state index contributed by atoms with van der Waals surface area (Å²) in [6, 6.07) is 4.74. The first kappa shape index (κ1) is 9.58. The van der Waals surface area contributed by atoms with Crippen molar-refractivity contribution < 1.29 is 8.78 Å². The predicted octanol–water partition coefficient (Wildman–Crippen LogP) is 3.44. The van der Waals surface area contributed by atoms with E-state index in [0.717, 1.165) is 0 Å². The summed E-state index contributed by atoms with van der Waals surface area (Å²) in [5, 5.41) is 0. The Kier molecular flexibility index (Phi) is 2.26. The minimum atomic E-state index is -2.49. The van der Waals surface area contributed by atoms with Crippen LogP contribution < -0.4 is 0 Å². The van der Waals surface area contributed by atoms with Gasteiger partial charge < -0.3 is 0 Å². The lowest BCUT2D eigenvalue weighted by atomic mass is 10.2. The number of hydrogen-bond donors (Lipinski definition) is 0. The number of halogens is 3. The van der Waals surface area contributed by atoms with Gasteiger partial charge in [0.05, 0.1) is 27.2 Å². The fourth-order valence-corrected chi connectivity index (χ4v) is 1.75. The number of imidazole rings is 1. The Morgan fingerprint density at radius 3 is 2.79 bits per heavy atom. The average molecular weight is 261 g/mol. The Morgan fingerprint density at radius 1 is 1.43 bits per heavy atom. The number of para-hydroxylation sites is 1. The van der Waals surface area contributed by atoms with Crippen molar-refractivity contribution in [1.29, 1.82) is 0 Å². The van der Waals surface area contributed by atoms with Crippen molar-refractivity contribution in [2.24, 2.45) is 0 Å². The van der Waals surface area contributed by atoms with Crippen LogP contribution in [0.2, 0.25) is 0 Å². The summed E-state index contributed by atoms with van der Waals surface area (Å²) in [6.45, 7) is 1.75. The third-order valence-corrected chi connectivity index (χ3v) is 2.95. The Hall–Kier alpha value is -0.970. The molecule has 0 N–H and O–H groups in total. The fourth-order valence-electron chi connectivity index (χ4n) is 1.39. The summed E-state index contributed by atoms with van der Waals surface area (Å²) in [6.07, 6.45) is -2.49. The van der Waals surface area contributed by atoms with Crippen molar-refractivity contribution in [3.63, 3.8) is 0 Å². The number of nitrogens with zero attached hydrogens (tertiary/aromatic N) is 2. The largest absolute Gasteiger partial charge is 0.266 e. The summed E-state index contributed by atoms with van der Waals surface area (Å²) >= 11 is 3.24. The molecule has 0 saturated heterocycles. The van der Waals surface area contributed by atoms with Gasteiger partial charge >= 0.3 is 0 Å². The second-order valence-corrected chi connectivity index (χ2v) is 3.66. The van der Waals surface area contributed by atoms with Gasteiger partial charge in [0.25, 0.3) is 6.43 Å². The average Bonchev–Trinajstić information content (AvgIpc) is 2.43. The Bertz CT molecular complexity index is 479. The van der Waals surface area contributed by atoms with Gasteiger partial charge in [-0.3, -0.25) is 3.59 Å². The zero-order chi connectivity index (χ0) is 10.3. The molecule has 2 aromatic rings. The number of fused-ring (bicyclic) bond motifs is 1. The molecule has 0 atom stereocenters. The van der Waals surface area contributed by atoms with Crippen molar-refractivity contribution in [2.75, 3.05) is 0 Å². The van der Waals surface area contributed by atoms with Gasteiger partial charge in [0, 0.05) is 5.56 Å². The molecule has 2 nitrogen and oxygen atoms in total. The highest BCUT2D eigenvalue weighted by molar-refractivity contribution is 9.08. The molecule has 0 unspecified atom stereocenters. The SMILES string of the molecule is Cc1nc2c(C(F)F)cccc2n1Br. The molecule has 0 aliphatic carbocycles. The quantitative estimate of drug-likeness (QED) is 0.768. The second-order valence-electron chi connectivity index (χ2n) is 2.96. The van der Waals surface area contributed by atoms with Crippen LogP contribution >= 0.6 is 16.1 Å². The highest BCUT2D eigenvalue weighted by Gasteiger charge is 2.15. The lowest BCUT2D eigenvalue weighted by Gasteiger charge is -1.99. The molecule has 2 rings (SSSR count). The normalized spacial score (nSPS) is 11.5. The van der Waals surface area contributed by atoms with E-state index in [1.807, 2.05) is 0 Å². The van der Waals surface area contributed by atoms with E-state index in [9.17, 15) is 8.78 Å². The number of aryl methyl sites for hydroxylation is 1. The zero-order valence-electron chi connectivity index (χ0n) is 7.34. The van der Waals surface area contributed by atoms with Crippen LogP contribution in [0.4, 0.5) is 8.78 Å². The molecule has 0 bridgehead atoms. The molecule has 0 aliphatic heterocycles. The van der Waals surface area contributed by atoms with E-state index in [2.05, 4.69) is 21.1 Å². The molecule has 0 saturated carbocycles. The van der Waals surface area contributed by atoms with Crippen LogP contribution in [0.5, 0.6) is 0 Å². The van der Waals surface area contributed by atoms with Gasteiger partial charge in [0.15, 0.2) is 0 Å². The maximum Gasteiger partial charge on any atom is 0.266 e. The van der Waals surface area contributed by atoms with Crippen LogP contribution in [0, 0.1) is 6.92 Å². The summed E-state index contributed by atoms with van der Waals surface area (Å²) in [4.78, 5) is 4.07. The van der Waals surface area contributed by atoms with Crippen molar-refractivity contribution in [3.05, 3.63) is 29.6 Å². The summed E-state index contributed by atoms with van der Waals surface area (Å²) in [7, 11) is 0. The summed E-state index contributed by atoms with van der Waals surface area (Å²) in [5.41, 5.74) is 1.00. The van der Waals surface area contributed by atoms with Gasteiger partial charge in [-0.05, 0) is 13.0 Å². The fraction of sp³-hybridized carbons (Fsp3) is 0.222. The zero-order valence-corrected chi connectivity index (χ0v) is 8.92. The van der Waals surface area contributed by atoms with Crippen LogP contribution in [0.25, 0.3) is 11.0 Å². The number of hydrogen-bond acceptors (Lipinski definition) is 1. The molecular formula is C9H7BrF2N2. The standard InChI is InChI=1S/C9H7BrF2N2/c1-5-13-8-6(9(11)12)3-2-4-7(8)14(5)10/h2-4,9H,1H3. The molecule has 0 fully saturated rings. The summed E-state index contributed by atoms with van der Waals surface area (Å²) < 4.78 is 26.8. The van der Waals surface area contributed by atoms with E-state index in [0.29, 0.717) is 16.9 Å². The van der Waals surface area contributed by atoms with E-state index in [4.69, 9.17) is 0 Å². The molecule has 14 heavy (non-hydrogen) atoms. The molecule has 0 radical (unpaired) electrons. The molecule has 1 heterocycles. The lowest BCUT2D eigenvalue weighted by molar-refractivity contribution is 0.153. The van der Waals surface area contributed by atoms with E-state index in [-0.39, 0.29) is 5.56 Å². The van der Waals surface area contributed by atoms with Crippen LogP contribution in [-0.4, -0.2) is 8.58 Å². The van der Waals surface area contributed by atoms with Crippen molar-refractivity contribution in [2.45, 2.75) is 13.3 Å². The summed E-state index contributed by atoms with van der Waals surface area (Å²) in [5.74, 6) is 0.660. The van der Waals surface area contributed by atoms with Gasteiger partial charge in [-0.15, -0.1) is 0 Å². The highest BCUT2D eigenvalue weighted by Crippen LogP contribution is 2.28. The van der Waals surface area contributed by atoms with Crippen LogP contribution in [0.3, 0.4) is 0 Å². The van der Waals surface area contributed by atoms with Gasteiger partial charge in [-0.2, -0.15) is 0 Å². The van der Waals surface area contributed by atoms with E-state index < -0.39 is 6.43 Å². The number of alkyl halides is 2. The van der Waals surface area contributed by atoms with Crippen molar-refractivity contribution in [1.82, 2.24) is 8.58 Å². The molecule has 0 spiro atoms. The third kappa shape index (κ3) is 1.32. The van der Waals surface area contributed by atoms with E-state index in [1.54, 1.807) is 22.6 Å². The van der Waals surface area contributed by atoms with Gasteiger partial charge in [0.1, 0.15) is 5.82 Å². The Morgan fingerprint density at radius 2 is 2.14 bits per heavy atom. The first-order chi connectivity index (χ1) is 6.61. The monoisotopic (exact) mass is 260 g/mol. The van der Waals surface area contributed by atoms with Crippen LogP contribution in [0.1, 0.15) is 17.8 Å². The Balaban J connectivity index is 2.81. The molecule has 74 valence electrons. The molecule has 5 heteroatoms. The minimum absolute atomic E-state index is 0.0243. The highest BCUT2D eigenvalue weighted by atomic mass is 79.9. The van der Waals surface area contributed by atoms with Crippen LogP contribution in [-0.2, 0) is 0 Å². The minimum Gasteiger partial charge on any atom is -0.262 e. The Labute approximate surface area is 87.9 Å². The maximum atomic E-state index is 12.6. The molecular weight excluding hydrogens is 254 g/mol. The smallest absolute Gasteiger partial charge is 0.262 e. The first-order valence-corrected chi connectivity index (χ1v) is 4.74. The van der Waals surface area contributed by atoms with E-state index in [1.165, 1.54) is 6.07 Å². The molecule has 0 aliphatic rings. The maximum absolute atomic E-state index is 12.6. The third-order valence-electron chi connectivity index (χ3n) is 2.05. The van der Waals surface area contributed by atoms with E-state index >= 15 is 0 Å². The lowest BCUT2D eigenvalue weighted by Crippen LogP contribution is -1.86. The van der Waals surface area contributed by atoms with Gasteiger partial charge in [0.2, 0.25) is 0 Å². The first-order valence-electron chi connectivity index (χ1n) is 4.03. The second kappa shape index (κ2) is 3.31. The molecule has 1 aromatic carbocycles. The molecule has 1 aromatic heterocycles. The van der Waals surface area contributed by atoms with Crippen LogP contribution in [0.15, 0.2) is 18.2 Å². The number of rotatable bonds is 1. The number of benzene rings is 1. The topological polar surface area (TPSA) is 17.8 Å².